The molecule has 3 amide bonds. The molecule has 0 fully saturated rings. The van der Waals surface area contributed by atoms with Crippen LogP contribution in [0.15, 0.2) is 64.6 Å². The molecule has 0 aliphatic carbocycles. The van der Waals surface area contributed by atoms with Gasteiger partial charge in [-0.1, -0.05) is 37.3 Å². The first kappa shape index (κ1) is 32.5. The molecule has 1 aromatic heterocycles. The van der Waals surface area contributed by atoms with E-state index in [9.17, 15) is 29.1 Å². The van der Waals surface area contributed by atoms with E-state index in [4.69, 9.17) is 15.5 Å². The maximum absolute atomic E-state index is 13.1. The normalized spacial score (nSPS) is 19.7. The molecule has 6 N–H and O–H groups in total. The Kier molecular flexibility index (Phi) is 8.47. The van der Waals surface area contributed by atoms with Gasteiger partial charge in [0.25, 0.3) is 0 Å². The fraction of sp³-hybridized carbons (Fsp3) is 0.314. The molecular formula is C35H34N6O7S. The van der Waals surface area contributed by atoms with E-state index in [0.29, 0.717) is 12.2 Å². The fourth-order valence-electron chi connectivity index (χ4n) is 6.84. The second-order valence-corrected chi connectivity index (χ2v) is 13.4. The number of carbonyl (C=O) groups is 5. The van der Waals surface area contributed by atoms with E-state index in [1.807, 2.05) is 41.3 Å². The highest BCUT2D eigenvalue weighted by atomic mass is 32.2. The molecule has 0 radical (unpaired) electrons. The lowest BCUT2D eigenvalue weighted by atomic mass is 9.83. The molecule has 5 heterocycles. The zero-order valence-electron chi connectivity index (χ0n) is 26.6. The van der Waals surface area contributed by atoms with Gasteiger partial charge in [-0.15, -0.1) is 11.8 Å². The van der Waals surface area contributed by atoms with Gasteiger partial charge in [-0.25, -0.2) is 14.6 Å². The number of aryl methyl sites for hydroxylation is 1. The van der Waals surface area contributed by atoms with Crippen molar-refractivity contribution in [3.63, 3.8) is 0 Å². The molecule has 2 aromatic carbocycles. The molecule has 14 heteroatoms. The van der Waals surface area contributed by atoms with Gasteiger partial charge in [0.2, 0.25) is 17.7 Å². The van der Waals surface area contributed by atoms with E-state index in [1.54, 1.807) is 30.8 Å². The average Bonchev–Trinajstić information content (AvgIpc) is 3.48. The van der Waals surface area contributed by atoms with Gasteiger partial charge in [-0.2, -0.15) is 0 Å². The van der Waals surface area contributed by atoms with Crippen molar-refractivity contribution in [1.82, 2.24) is 20.5 Å². The predicted octanol–water partition coefficient (Wildman–Crippen LogP) is 1.32. The number of carbonyl (C=O) groups excluding carboxylic acids is 5. The Balaban J connectivity index is 1.12. The van der Waals surface area contributed by atoms with Gasteiger partial charge >= 0.3 is 11.9 Å². The number of hydrogen-bond acceptors (Lipinski definition) is 11. The van der Waals surface area contributed by atoms with Crippen LogP contribution in [-0.4, -0.2) is 81.7 Å². The quantitative estimate of drug-likeness (QED) is 0.162. The number of amides is 3. The summed E-state index contributed by atoms with van der Waals surface area (Å²) in [6.45, 7) is 1.75. The molecule has 0 spiro atoms. The topological polar surface area (TPSA) is 193 Å². The fourth-order valence-corrected chi connectivity index (χ4v) is 8.00. The van der Waals surface area contributed by atoms with Crippen LogP contribution in [0.25, 0.3) is 16.6 Å². The first-order valence-corrected chi connectivity index (χ1v) is 17.0. The van der Waals surface area contributed by atoms with Crippen molar-refractivity contribution < 1.29 is 33.8 Å². The minimum atomic E-state index is -1.91. The van der Waals surface area contributed by atoms with Crippen molar-refractivity contribution in [3.05, 3.63) is 82.1 Å². The van der Waals surface area contributed by atoms with Crippen molar-refractivity contribution in [2.45, 2.75) is 49.3 Å². The van der Waals surface area contributed by atoms with Crippen LogP contribution < -0.4 is 21.7 Å². The number of fused-ring (bicyclic) bond motifs is 4. The number of thioether (sulfide) groups is 1. The summed E-state index contributed by atoms with van der Waals surface area (Å²) in [5, 5.41) is 20.3. The molecule has 2 atom stereocenters. The first-order valence-electron chi connectivity index (χ1n) is 16.0. The Hall–Kier alpha value is -5.05. The van der Waals surface area contributed by atoms with E-state index in [0.717, 1.165) is 56.1 Å². The van der Waals surface area contributed by atoms with Gasteiger partial charge in [-0.3, -0.25) is 14.4 Å². The van der Waals surface area contributed by atoms with Crippen LogP contribution in [0.2, 0.25) is 0 Å². The molecule has 4 aliphatic heterocycles. The summed E-state index contributed by atoms with van der Waals surface area (Å²) in [5.74, 6) is -2.37. The number of aliphatic hydroxyl groups is 1. The third kappa shape index (κ3) is 5.75. The summed E-state index contributed by atoms with van der Waals surface area (Å²) in [6, 6.07) is 11.9. The van der Waals surface area contributed by atoms with Crippen molar-refractivity contribution in [2.75, 3.05) is 30.7 Å². The van der Waals surface area contributed by atoms with Gasteiger partial charge in [0.15, 0.2) is 5.60 Å². The largest absolute Gasteiger partial charge is 0.387 e. The third-order valence-corrected chi connectivity index (χ3v) is 10.5. The minimum Gasteiger partial charge on any atom is -0.387 e. The smallest absolute Gasteiger partial charge is 0.350 e. The lowest BCUT2D eigenvalue weighted by Crippen LogP contribution is -2.50. The Labute approximate surface area is 285 Å². The zero-order chi connectivity index (χ0) is 34.4. The van der Waals surface area contributed by atoms with Crippen molar-refractivity contribution in [3.8, 4) is 0 Å². The molecule has 3 aromatic rings. The molecule has 13 nitrogen and oxygen atoms in total. The number of hydrogen-bond donors (Lipinski definition) is 5. The second kappa shape index (κ2) is 12.8. The first-order chi connectivity index (χ1) is 23.6. The predicted molar refractivity (Wildman–Crippen MR) is 181 cm³/mol. The number of nitrogens with one attached hydrogen (secondary N) is 3. The minimum absolute atomic E-state index is 0.0584. The van der Waals surface area contributed by atoms with E-state index >= 15 is 0 Å². The van der Waals surface area contributed by atoms with Crippen LogP contribution in [-0.2, 0) is 48.1 Å². The number of nitrogens with two attached hydrogens (primary N) is 1. The van der Waals surface area contributed by atoms with Gasteiger partial charge in [0.1, 0.15) is 6.04 Å². The molecule has 7 rings (SSSR count). The third-order valence-electron chi connectivity index (χ3n) is 9.35. The summed E-state index contributed by atoms with van der Waals surface area (Å²) >= 11 is 1.61. The Morgan fingerprint density at radius 1 is 1.10 bits per heavy atom. The molecule has 49 heavy (non-hydrogen) atoms. The molecule has 0 bridgehead atoms. The summed E-state index contributed by atoms with van der Waals surface area (Å²) in [7, 11) is 0. The van der Waals surface area contributed by atoms with Crippen LogP contribution in [0.3, 0.4) is 0 Å². The van der Waals surface area contributed by atoms with Crippen LogP contribution in [0.4, 0.5) is 5.69 Å². The number of benzene rings is 2. The Morgan fingerprint density at radius 3 is 2.65 bits per heavy atom. The Morgan fingerprint density at radius 2 is 1.90 bits per heavy atom. The van der Waals surface area contributed by atoms with Crippen molar-refractivity contribution in [2.24, 2.45) is 5.73 Å². The van der Waals surface area contributed by atoms with Gasteiger partial charge in [0, 0.05) is 40.1 Å². The number of rotatable bonds is 9. The van der Waals surface area contributed by atoms with Crippen LogP contribution in [0, 0.1) is 0 Å². The zero-order valence-corrected chi connectivity index (χ0v) is 27.4. The molecular weight excluding hydrogens is 648 g/mol. The van der Waals surface area contributed by atoms with Crippen LogP contribution >= 0.6 is 11.8 Å². The Bertz CT molecular complexity index is 2010. The number of esters is 2. The van der Waals surface area contributed by atoms with Crippen molar-refractivity contribution in [1.29, 1.82) is 0 Å². The summed E-state index contributed by atoms with van der Waals surface area (Å²) in [6.07, 6.45) is 2.76. The van der Waals surface area contributed by atoms with E-state index < -0.39 is 41.3 Å². The maximum Gasteiger partial charge on any atom is 0.350 e. The summed E-state index contributed by atoms with van der Waals surface area (Å²) in [5.41, 5.74) is 9.81. The second-order valence-electron chi connectivity index (χ2n) is 12.3. The number of ether oxygens (including phenoxy) is 1. The lowest BCUT2D eigenvalue weighted by Gasteiger charge is -2.36. The molecule has 0 saturated heterocycles. The number of aromatic nitrogens is 1. The number of cyclic esters (lactones) is 2. The number of anilines is 1. The van der Waals surface area contributed by atoms with Crippen LogP contribution in [0.1, 0.15) is 35.7 Å². The highest BCUT2D eigenvalue weighted by molar-refractivity contribution is 7.99. The van der Waals surface area contributed by atoms with E-state index in [2.05, 4.69) is 16.0 Å². The highest BCUT2D eigenvalue weighted by Crippen LogP contribution is 2.48. The number of pyridine rings is 1. The highest BCUT2D eigenvalue weighted by Gasteiger charge is 2.50. The van der Waals surface area contributed by atoms with Crippen molar-refractivity contribution >= 4 is 63.7 Å². The van der Waals surface area contributed by atoms with Gasteiger partial charge in [-0.05, 0) is 42.2 Å². The SMILES string of the molecule is CC[C@@]1(O)C(=O)OC(=O)C2=C1C=C1c3nc4ccc(NC(=O)CNC(=O)[C@H](Cc5ccccc5)NC(=O)CN)c5c4c(c3CN1C2)CCS5. The van der Waals surface area contributed by atoms with Gasteiger partial charge in [0.05, 0.1) is 47.8 Å². The van der Waals surface area contributed by atoms with Crippen LogP contribution in [0.5, 0.6) is 0 Å². The summed E-state index contributed by atoms with van der Waals surface area (Å²) in [4.78, 5) is 71.3. The number of nitrogens with zero attached hydrogens (tertiary/aromatic N) is 2. The lowest BCUT2D eigenvalue weighted by molar-refractivity contribution is -0.172. The average molecular weight is 683 g/mol. The molecule has 252 valence electrons. The maximum atomic E-state index is 13.1. The molecule has 0 saturated carbocycles. The van der Waals surface area contributed by atoms with Gasteiger partial charge < -0.3 is 36.4 Å². The van der Waals surface area contributed by atoms with E-state index in [1.165, 1.54) is 0 Å². The van der Waals surface area contributed by atoms with E-state index in [-0.39, 0.29) is 43.6 Å². The standard InChI is InChI=1S/C35H34N6O7S/c1-2-35(47)22-13-26-30-20(16-41(26)17-21(22)33(45)48-34(35)46)19-10-11-49-31-24(9-8-23(40-30)29(19)31)38-28(43)15-37-32(44)25(39-27(42)14-36)12-18-6-4-3-5-7-18/h3-9,13,25,47H,2,10-12,14-17,36H2,1H3,(H,37,44)(H,38,43)(H,39,42)/t25-,35-/m0/s1. The molecule has 4 aliphatic rings. The summed E-state index contributed by atoms with van der Waals surface area (Å²) < 4.78 is 4.91. The molecule has 0 unspecified atom stereocenters. The monoisotopic (exact) mass is 682 g/mol.